The van der Waals surface area contributed by atoms with Crippen molar-refractivity contribution < 1.29 is 9.90 Å². The molecule has 0 spiro atoms. The molecule has 1 fully saturated rings. The van der Waals surface area contributed by atoms with Gasteiger partial charge in [0.25, 0.3) is 0 Å². The van der Waals surface area contributed by atoms with Gasteiger partial charge in [0.05, 0.1) is 16.9 Å². The van der Waals surface area contributed by atoms with E-state index < -0.39 is 5.97 Å². The third-order valence-corrected chi connectivity index (χ3v) is 5.21. The van der Waals surface area contributed by atoms with Gasteiger partial charge in [-0.05, 0) is 48.6 Å². The summed E-state index contributed by atoms with van der Waals surface area (Å²) in [6, 6.07) is 17.1. The zero-order valence-electron chi connectivity index (χ0n) is 13.6. The standard InChI is InChI=1S/C20H18N2O2S/c23-19(24)16-8-10-17(11-9-16)21-20-22(12-14-6-7-14)18(13-25-20)15-4-2-1-3-5-15/h1-5,8-11,13-14H,6-7,12H2,(H,23,24)/b21-20-. The topological polar surface area (TPSA) is 54.6 Å². The van der Waals surface area contributed by atoms with Gasteiger partial charge < -0.3 is 9.67 Å². The minimum absolute atomic E-state index is 0.279. The fraction of sp³-hybridized carbons (Fsp3) is 0.200. The van der Waals surface area contributed by atoms with E-state index in [0.717, 1.165) is 23.0 Å². The van der Waals surface area contributed by atoms with E-state index in [9.17, 15) is 4.79 Å². The van der Waals surface area contributed by atoms with Crippen molar-refractivity contribution in [3.8, 4) is 11.3 Å². The van der Waals surface area contributed by atoms with Gasteiger partial charge in [-0.3, -0.25) is 0 Å². The van der Waals surface area contributed by atoms with E-state index in [-0.39, 0.29) is 5.56 Å². The average molecular weight is 350 g/mol. The van der Waals surface area contributed by atoms with Crippen LogP contribution < -0.4 is 4.80 Å². The van der Waals surface area contributed by atoms with Crippen molar-refractivity contribution in [3.63, 3.8) is 0 Å². The highest BCUT2D eigenvalue weighted by molar-refractivity contribution is 7.07. The van der Waals surface area contributed by atoms with Gasteiger partial charge >= 0.3 is 5.97 Å². The monoisotopic (exact) mass is 350 g/mol. The van der Waals surface area contributed by atoms with Crippen molar-refractivity contribution in [2.45, 2.75) is 19.4 Å². The molecule has 4 rings (SSSR count). The molecule has 0 aliphatic heterocycles. The van der Waals surface area contributed by atoms with Crippen molar-refractivity contribution in [1.29, 1.82) is 0 Å². The summed E-state index contributed by atoms with van der Waals surface area (Å²) in [5.74, 6) is -0.178. The Morgan fingerprint density at radius 1 is 1.12 bits per heavy atom. The number of thiazole rings is 1. The molecule has 1 heterocycles. The van der Waals surface area contributed by atoms with Crippen LogP contribution in [0.5, 0.6) is 0 Å². The molecule has 5 heteroatoms. The van der Waals surface area contributed by atoms with Crippen molar-refractivity contribution in [1.82, 2.24) is 4.57 Å². The highest BCUT2D eigenvalue weighted by Crippen LogP contribution is 2.32. The summed E-state index contributed by atoms with van der Waals surface area (Å²) in [4.78, 5) is 16.7. The molecule has 1 saturated carbocycles. The fourth-order valence-corrected chi connectivity index (χ4v) is 3.72. The molecule has 0 atom stereocenters. The van der Waals surface area contributed by atoms with Crippen LogP contribution in [0.25, 0.3) is 11.3 Å². The number of nitrogens with zero attached hydrogens (tertiary/aromatic N) is 2. The number of carboxylic acid groups (broad SMARTS) is 1. The molecular weight excluding hydrogens is 332 g/mol. The molecular formula is C20H18N2O2S. The zero-order valence-corrected chi connectivity index (χ0v) is 14.4. The number of carbonyl (C=O) groups is 1. The van der Waals surface area contributed by atoms with Gasteiger partial charge in [0.2, 0.25) is 0 Å². The smallest absolute Gasteiger partial charge is 0.335 e. The lowest BCUT2D eigenvalue weighted by Gasteiger charge is -2.08. The first kappa shape index (κ1) is 15.8. The van der Waals surface area contributed by atoms with Crippen LogP contribution >= 0.6 is 11.3 Å². The summed E-state index contributed by atoms with van der Waals surface area (Å²) >= 11 is 1.63. The predicted octanol–water partition coefficient (Wildman–Crippen LogP) is 4.56. The molecule has 3 aromatic rings. The first-order chi connectivity index (χ1) is 12.2. The zero-order chi connectivity index (χ0) is 17.2. The summed E-state index contributed by atoms with van der Waals surface area (Å²) in [5, 5.41) is 11.2. The maximum atomic E-state index is 11.0. The summed E-state index contributed by atoms with van der Waals surface area (Å²) in [7, 11) is 0. The largest absolute Gasteiger partial charge is 0.478 e. The maximum absolute atomic E-state index is 11.0. The van der Waals surface area contributed by atoms with Crippen molar-refractivity contribution in [2.75, 3.05) is 0 Å². The number of benzene rings is 2. The molecule has 1 aliphatic rings. The Morgan fingerprint density at radius 3 is 2.48 bits per heavy atom. The molecule has 2 aromatic carbocycles. The van der Waals surface area contributed by atoms with Gasteiger partial charge in [0.1, 0.15) is 0 Å². The van der Waals surface area contributed by atoms with Crippen LogP contribution in [0.3, 0.4) is 0 Å². The van der Waals surface area contributed by atoms with Crippen molar-refractivity contribution in [2.24, 2.45) is 10.9 Å². The number of carboxylic acids is 1. The van der Waals surface area contributed by atoms with E-state index >= 15 is 0 Å². The molecule has 0 saturated heterocycles. The van der Waals surface area contributed by atoms with Gasteiger partial charge in [0, 0.05) is 11.9 Å². The number of aromatic nitrogens is 1. The molecule has 25 heavy (non-hydrogen) atoms. The Labute approximate surface area is 149 Å². The van der Waals surface area contributed by atoms with Crippen LogP contribution in [0, 0.1) is 5.92 Å². The number of hydrogen-bond acceptors (Lipinski definition) is 3. The number of hydrogen-bond donors (Lipinski definition) is 1. The Kier molecular flexibility index (Phi) is 4.24. The van der Waals surface area contributed by atoms with E-state index in [1.165, 1.54) is 24.1 Å². The van der Waals surface area contributed by atoms with Crippen LogP contribution in [-0.4, -0.2) is 15.6 Å². The SMILES string of the molecule is O=C(O)c1ccc(/N=c2\scc(-c3ccccc3)n2CC2CC2)cc1. The van der Waals surface area contributed by atoms with Crippen LogP contribution in [0.2, 0.25) is 0 Å². The predicted molar refractivity (Wildman–Crippen MR) is 99.1 cm³/mol. The molecule has 1 aromatic heterocycles. The van der Waals surface area contributed by atoms with Crippen LogP contribution in [-0.2, 0) is 6.54 Å². The van der Waals surface area contributed by atoms with Gasteiger partial charge in [-0.25, -0.2) is 9.79 Å². The lowest BCUT2D eigenvalue weighted by atomic mass is 10.2. The summed E-state index contributed by atoms with van der Waals surface area (Å²) in [6.45, 7) is 0.986. The number of rotatable bonds is 5. The summed E-state index contributed by atoms with van der Waals surface area (Å²) < 4.78 is 2.29. The molecule has 1 N–H and O–H groups in total. The number of aromatic carboxylic acids is 1. The summed E-state index contributed by atoms with van der Waals surface area (Å²) in [5.41, 5.74) is 3.44. The van der Waals surface area contributed by atoms with E-state index in [4.69, 9.17) is 10.1 Å². The van der Waals surface area contributed by atoms with Crippen LogP contribution in [0.1, 0.15) is 23.2 Å². The highest BCUT2D eigenvalue weighted by atomic mass is 32.1. The van der Waals surface area contributed by atoms with Crippen LogP contribution in [0.4, 0.5) is 5.69 Å². The molecule has 0 radical (unpaired) electrons. The molecule has 0 unspecified atom stereocenters. The van der Waals surface area contributed by atoms with E-state index in [1.807, 2.05) is 6.07 Å². The second kappa shape index (κ2) is 6.69. The highest BCUT2D eigenvalue weighted by Gasteiger charge is 2.23. The molecule has 4 nitrogen and oxygen atoms in total. The summed E-state index contributed by atoms with van der Waals surface area (Å²) in [6.07, 6.45) is 2.56. The van der Waals surface area contributed by atoms with Crippen molar-refractivity contribution in [3.05, 3.63) is 70.3 Å². The Balaban J connectivity index is 1.75. The first-order valence-electron chi connectivity index (χ1n) is 8.32. The molecule has 0 bridgehead atoms. The van der Waals surface area contributed by atoms with E-state index in [1.54, 1.807) is 35.6 Å². The minimum atomic E-state index is -0.919. The third kappa shape index (κ3) is 3.56. The Hall–Kier alpha value is -2.66. The van der Waals surface area contributed by atoms with Crippen LogP contribution in [0.15, 0.2) is 65.0 Å². The van der Waals surface area contributed by atoms with Gasteiger partial charge in [-0.1, -0.05) is 30.3 Å². The Morgan fingerprint density at radius 2 is 1.84 bits per heavy atom. The lowest BCUT2D eigenvalue weighted by molar-refractivity contribution is 0.0697. The van der Waals surface area contributed by atoms with E-state index in [0.29, 0.717) is 0 Å². The molecule has 126 valence electrons. The van der Waals surface area contributed by atoms with Gasteiger partial charge in [0.15, 0.2) is 4.80 Å². The van der Waals surface area contributed by atoms with Gasteiger partial charge in [-0.15, -0.1) is 11.3 Å². The quantitative estimate of drug-likeness (QED) is 0.733. The normalized spacial score (nSPS) is 14.6. The molecule has 0 amide bonds. The maximum Gasteiger partial charge on any atom is 0.335 e. The fourth-order valence-electron chi connectivity index (χ4n) is 2.78. The van der Waals surface area contributed by atoms with Crippen molar-refractivity contribution >= 4 is 23.0 Å². The Bertz CT molecular complexity index is 951. The third-order valence-electron chi connectivity index (χ3n) is 4.34. The first-order valence-corrected chi connectivity index (χ1v) is 9.20. The average Bonchev–Trinajstić information content (AvgIpc) is 3.37. The lowest BCUT2D eigenvalue weighted by Crippen LogP contribution is -2.17. The second-order valence-corrected chi connectivity index (χ2v) is 7.12. The van der Waals surface area contributed by atoms with Gasteiger partial charge in [-0.2, -0.15) is 0 Å². The van der Waals surface area contributed by atoms with E-state index in [2.05, 4.69) is 34.2 Å². The molecule has 1 aliphatic carbocycles. The second-order valence-electron chi connectivity index (χ2n) is 6.29. The minimum Gasteiger partial charge on any atom is -0.478 e.